The summed E-state index contributed by atoms with van der Waals surface area (Å²) in [4.78, 5) is 11.2. The lowest BCUT2D eigenvalue weighted by atomic mass is 10.0. The maximum atomic E-state index is 11.2. The van der Waals surface area contributed by atoms with Gasteiger partial charge in [0.25, 0.3) is 0 Å². The molecule has 3 aromatic rings. The standard InChI is InChI=1S/C14H10N4O2.C2H6/c19-14(20)12-6-11(10-4-2-1-3-5-10)7-13(8-12)18-9-15-16-17-18;1-2/h1-9H,(H,19,20);1-2H3. The molecule has 0 amide bonds. The van der Waals surface area contributed by atoms with Crippen LogP contribution in [0.1, 0.15) is 24.2 Å². The summed E-state index contributed by atoms with van der Waals surface area (Å²) in [5.74, 6) is -0.989. The molecule has 1 aromatic heterocycles. The normalized spacial score (nSPS) is 9.73. The van der Waals surface area contributed by atoms with E-state index in [4.69, 9.17) is 0 Å². The molecule has 22 heavy (non-hydrogen) atoms. The Morgan fingerprint density at radius 3 is 2.36 bits per heavy atom. The first-order chi connectivity index (χ1) is 10.7. The zero-order chi connectivity index (χ0) is 15.9. The largest absolute Gasteiger partial charge is 0.478 e. The number of rotatable bonds is 3. The van der Waals surface area contributed by atoms with Gasteiger partial charge in [-0.05, 0) is 39.8 Å². The van der Waals surface area contributed by atoms with Crippen molar-refractivity contribution >= 4 is 5.97 Å². The lowest BCUT2D eigenvalue weighted by Gasteiger charge is -2.07. The molecule has 6 heteroatoms. The predicted octanol–water partition coefficient (Wildman–Crippen LogP) is 3.05. The van der Waals surface area contributed by atoms with Crippen LogP contribution in [0.15, 0.2) is 54.9 Å². The molecule has 0 aliphatic heterocycles. The molecule has 0 unspecified atom stereocenters. The molecule has 1 N–H and O–H groups in total. The van der Waals surface area contributed by atoms with E-state index in [9.17, 15) is 9.90 Å². The molecular weight excluding hydrogens is 280 g/mol. The van der Waals surface area contributed by atoms with E-state index in [1.807, 2.05) is 50.2 Å². The van der Waals surface area contributed by atoms with Crippen LogP contribution in [0.2, 0.25) is 0 Å². The first-order valence-corrected chi connectivity index (χ1v) is 6.91. The molecule has 0 aliphatic carbocycles. The number of aromatic carboxylic acids is 1. The van der Waals surface area contributed by atoms with Crippen molar-refractivity contribution in [1.29, 1.82) is 0 Å². The van der Waals surface area contributed by atoms with Gasteiger partial charge in [0.2, 0.25) is 0 Å². The monoisotopic (exact) mass is 296 g/mol. The van der Waals surface area contributed by atoms with Crippen LogP contribution in [0.5, 0.6) is 0 Å². The molecule has 0 radical (unpaired) electrons. The number of tetrazole rings is 1. The topological polar surface area (TPSA) is 80.9 Å². The van der Waals surface area contributed by atoms with Crippen LogP contribution in [0, 0.1) is 0 Å². The lowest BCUT2D eigenvalue weighted by Crippen LogP contribution is -2.02. The SMILES string of the molecule is CC.O=C(O)c1cc(-c2ccccc2)cc(-n2cnnn2)c1. The third-order valence-electron chi connectivity index (χ3n) is 2.89. The van der Waals surface area contributed by atoms with Crippen molar-refractivity contribution in [1.82, 2.24) is 20.2 Å². The van der Waals surface area contributed by atoms with Gasteiger partial charge in [-0.2, -0.15) is 0 Å². The summed E-state index contributed by atoms with van der Waals surface area (Å²) in [6.07, 6.45) is 1.43. The number of carbonyl (C=O) groups is 1. The van der Waals surface area contributed by atoms with E-state index in [0.717, 1.165) is 11.1 Å². The van der Waals surface area contributed by atoms with Gasteiger partial charge in [-0.1, -0.05) is 44.2 Å². The number of nitrogens with zero attached hydrogens (tertiary/aromatic N) is 4. The smallest absolute Gasteiger partial charge is 0.335 e. The van der Waals surface area contributed by atoms with E-state index in [-0.39, 0.29) is 5.56 Å². The summed E-state index contributed by atoms with van der Waals surface area (Å²) >= 11 is 0. The van der Waals surface area contributed by atoms with Crippen molar-refractivity contribution in [2.75, 3.05) is 0 Å². The summed E-state index contributed by atoms with van der Waals surface area (Å²) in [6.45, 7) is 4.00. The molecule has 0 atom stereocenters. The zero-order valence-corrected chi connectivity index (χ0v) is 12.3. The molecule has 0 saturated carbocycles. The van der Waals surface area contributed by atoms with Crippen LogP contribution in [0.4, 0.5) is 0 Å². The molecule has 0 saturated heterocycles. The fourth-order valence-electron chi connectivity index (χ4n) is 1.94. The highest BCUT2D eigenvalue weighted by atomic mass is 16.4. The molecular formula is C16H16N4O2. The van der Waals surface area contributed by atoms with Crippen LogP contribution < -0.4 is 0 Å². The van der Waals surface area contributed by atoms with Gasteiger partial charge in [0.05, 0.1) is 11.3 Å². The summed E-state index contributed by atoms with van der Waals surface area (Å²) in [5.41, 5.74) is 2.53. The number of carboxylic acids is 1. The highest BCUT2D eigenvalue weighted by molar-refractivity contribution is 5.90. The number of carboxylic acid groups (broad SMARTS) is 1. The van der Waals surface area contributed by atoms with E-state index in [1.165, 1.54) is 17.1 Å². The van der Waals surface area contributed by atoms with Gasteiger partial charge in [-0.15, -0.1) is 5.10 Å². The first-order valence-electron chi connectivity index (χ1n) is 6.91. The fourth-order valence-corrected chi connectivity index (χ4v) is 1.94. The van der Waals surface area contributed by atoms with Gasteiger partial charge in [0.15, 0.2) is 0 Å². The van der Waals surface area contributed by atoms with Crippen molar-refractivity contribution in [3.05, 3.63) is 60.4 Å². The van der Waals surface area contributed by atoms with Gasteiger partial charge >= 0.3 is 5.97 Å². The van der Waals surface area contributed by atoms with Gasteiger partial charge in [0.1, 0.15) is 6.33 Å². The zero-order valence-electron chi connectivity index (χ0n) is 12.3. The second-order valence-electron chi connectivity index (χ2n) is 4.19. The minimum atomic E-state index is -0.989. The number of benzene rings is 2. The molecule has 0 bridgehead atoms. The maximum absolute atomic E-state index is 11.2. The van der Waals surface area contributed by atoms with Crippen LogP contribution in [0.3, 0.4) is 0 Å². The number of aromatic nitrogens is 4. The molecule has 3 rings (SSSR count). The Morgan fingerprint density at radius 1 is 1.05 bits per heavy atom. The highest BCUT2D eigenvalue weighted by Crippen LogP contribution is 2.23. The Kier molecular flexibility index (Phi) is 4.98. The first kappa shape index (κ1) is 15.4. The number of hydrogen-bond donors (Lipinski definition) is 1. The van der Waals surface area contributed by atoms with Gasteiger partial charge in [-0.3, -0.25) is 0 Å². The molecule has 0 spiro atoms. The third-order valence-corrected chi connectivity index (χ3v) is 2.89. The van der Waals surface area contributed by atoms with E-state index in [1.54, 1.807) is 6.07 Å². The Balaban J connectivity index is 0.000000847. The Bertz CT molecular complexity index is 740. The minimum absolute atomic E-state index is 0.192. The molecule has 1 heterocycles. The summed E-state index contributed by atoms with van der Waals surface area (Å²) in [6, 6.07) is 14.6. The predicted molar refractivity (Wildman–Crippen MR) is 82.9 cm³/mol. The van der Waals surface area contributed by atoms with Gasteiger partial charge in [0, 0.05) is 0 Å². The summed E-state index contributed by atoms with van der Waals surface area (Å²) in [5, 5.41) is 20.1. The van der Waals surface area contributed by atoms with Crippen molar-refractivity contribution in [3.8, 4) is 16.8 Å². The van der Waals surface area contributed by atoms with Gasteiger partial charge < -0.3 is 5.11 Å². The van der Waals surface area contributed by atoms with E-state index in [2.05, 4.69) is 15.5 Å². The Morgan fingerprint density at radius 2 is 1.77 bits per heavy atom. The van der Waals surface area contributed by atoms with Crippen molar-refractivity contribution in [2.24, 2.45) is 0 Å². The van der Waals surface area contributed by atoms with Crippen LogP contribution in [-0.2, 0) is 0 Å². The van der Waals surface area contributed by atoms with Crippen LogP contribution in [-0.4, -0.2) is 31.3 Å². The number of hydrogen-bond acceptors (Lipinski definition) is 4. The van der Waals surface area contributed by atoms with Crippen molar-refractivity contribution in [3.63, 3.8) is 0 Å². The molecule has 0 aliphatic rings. The average molecular weight is 296 g/mol. The van der Waals surface area contributed by atoms with Gasteiger partial charge in [-0.25, -0.2) is 9.48 Å². The third kappa shape index (κ3) is 3.35. The molecule has 6 nitrogen and oxygen atoms in total. The second-order valence-corrected chi connectivity index (χ2v) is 4.19. The molecule has 2 aromatic carbocycles. The van der Waals surface area contributed by atoms with E-state index >= 15 is 0 Å². The highest BCUT2D eigenvalue weighted by Gasteiger charge is 2.10. The Hall–Kier alpha value is -3.02. The quantitative estimate of drug-likeness (QED) is 0.803. The minimum Gasteiger partial charge on any atom is -0.478 e. The maximum Gasteiger partial charge on any atom is 0.335 e. The fraction of sp³-hybridized carbons (Fsp3) is 0.125. The van der Waals surface area contributed by atoms with Crippen molar-refractivity contribution < 1.29 is 9.90 Å². The summed E-state index contributed by atoms with van der Waals surface area (Å²) in [7, 11) is 0. The van der Waals surface area contributed by atoms with E-state index < -0.39 is 5.97 Å². The molecule has 0 fully saturated rings. The average Bonchev–Trinajstić information content (AvgIpc) is 3.12. The van der Waals surface area contributed by atoms with E-state index in [0.29, 0.717) is 5.69 Å². The van der Waals surface area contributed by atoms with Crippen LogP contribution >= 0.6 is 0 Å². The van der Waals surface area contributed by atoms with Crippen LogP contribution in [0.25, 0.3) is 16.8 Å². The lowest BCUT2D eigenvalue weighted by molar-refractivity contribution is 0.0697. The second kappa shape index (κ2) is 7.12. The van der Waals surface area contributed by atoms with Crippen molar-refractivity contribution in [2.45, 2.75) is 13.8 Å². The summed E-state index contributed by atoms with van der Waals surface area (Å²) < 4.78 is 1.43. The molecule has 112 valence electrons. The Labute approximate surface area is 128 Å².